The Morgan fingerprint density at radius 2 is 1.96 bits per heavy atom. The summed E-state index contributed by atoms with van der Waals surface area (Å²) in [6.07, 6.45) is 0. The maximum atomic E-state index is 12.4. The lowest BCUT2D eigenvalue weighted by molar-refractivity contribution is 0.102. The molecular formula is C17H14N2O4. The average molecular weight is 310 g/mol. The minimum atomic E-state index is -0.433. The highest BCUT2D eigenvalue weighted by atomic mass is 16.5. The number of rotatable bonds is 3. The first-order valence-corrected chi connectivity index (χ1v) is 6.88. The number of carbonyl (C=O) groups is 1. The van der Waals surface area contributed by atoms with E-state index in [-0.39, 0.29) is 11.1 Å². The molecule has 0 aliphatic carbocycles. The van der Waals surface area contributed by atoms with E-state index in [1.165, 1.54) is 7.11 Å². The van der Waals surface area contributed by atoms with Crippen LogP contribution in [0.2, 0.25) is 0 Å². The molecule has 0 bridgehead atoms. The molecule has 0 aliphatic rings. The van der Waals surface area contributed by atoms with E-state index in [4.69, 9.17) is 14.4 Å². The number of hydrogen-bond donors (Lipinski definition) is 2. The van der Waals surface area contributed by atoms with Crippen molar-refractivity contribution in [2.24, 2.45) is 5.16 Å². The van der Waals surface area contributed by atoms with Crippen LogP contribution in [0.25, 0.3) is 11.0 Å². The molecule has 1 heterocycles. The lowest BCUT2D eigenvalue weighted by Gasteiger charge is -2.08. The van der Waals surface area contributed by atoms with Crippen LogP contribution in [0.3, 0.4) is 0 Å². The number of fused-ring (bicyclic) bond motifs is 1. The number of anilines is 1. The number of nitrogens with zero attached hydrogens (tertiary/aromatic N) is 1. The Hall–Kier alpha value is -3.28. The monoisotopic (exact) mass is 310 g/mol. The molecule has 0 radical (unpaired) electrons. The number of carbonyl (C=O) groups excluding carboxylic acids is 1. The molecule has 3 aromatic rings. The maximum Gasteiger partial charge on any atom is 0.268 e. The summed E-state index contributed by atoms with van der Waals surface area (Å²) in [4.78, 5) is 12.4. The molecule has 1 amide bonds. The average Bonchev–Trinajstić information content (AvgIpc) is 2.60. The Labute approximate surface area is 131 Å². The molecule has 23 heavy (non-hydrogen) atoms. The summed E-state index contributed by atoms with van der Waals surface area (Å²) < 4.78 is 10.7. The first-order valence-electron chi connectivity index (χ1n) is 6.88. The number of nitrogens with one attached hydrogen (secondary N) is 1. The van der Waals surface area contributed by atoms with Crippen LogP contribution in [-0.2, 0) is 0 Å². The maximum absolute atomic E-state index is 12.4. The van der Waals surface area contributed by atoms with Gasteiger partial charge in [0.2, 0.25) is 0 Å². The van der Waals surface area contributed by atoms with Crippen molar-refractivity contribution in [3.8, 4) is 5.75 Å². The summed E-state index contributed by atoms with van der Waals surface area (Å²) in [5.41, 5.74) is 0.971. The molecule has 6 heteroatoms. The minimum absolute atomic E-state index is 0.122. The van der Waals surface area contributed by atoms with E-state index in [1.807, 2.05) is 18.2 Å². The van der Waals surface area contributed by atoms with Crippen molar-refractivity contribution in [2.45, 2.75) is 0 Å². The van der Waals surface area contributed by atoms with Gasteiger partial charge in [-0.1, -0.05) is 30.3 Å². The van der Waals surface area contributed by atoms with Gasteiger partial charge in [-0.05, 0) is 29.4 Å². The Bertz CT molecular complexity index is 917. The topological polar surface area (TPSA) is 84.1 Å². The van der Waals surface area contributed by atoms with Gasteiger partial charge in [0.15, 0.2) is 11.3 Å². The molecule has 6 nitrogen and oxygen atoms in total. The quantitative estimate of drug-likeness (QED) is 0.575. The van der Waals surface area contributed by atoms with Crippen molar-refractivity contribution in [3.63, 3.8) is 0 Å². The number of benzene rings is 2. The van der Waals surface area contributed by atoms with Crippen LogP contribution >= 0.6 is 0 Å². The van der Waals surface area contributed by atoms with E-state index >= 15 is 0 Å². The van der Waals surface area contributed by atoms with Crippen LogP contribution in [0.15, 0.2) is 64.2 Å². The summed E-state index contributed by atoms with van der Waals surface area (Å²) >= 11 is 0. The van der Waals surface area contributed by atoms with E-state index in [1.54, 1.807) is 36.4 Å². The molecule has 0 aliphatic heterocycles. The van der Waals surface area contributed by atoms with Crippen LogP contribution in [0, 0.1) is 0 Å². The van der Waals surface area contributed by atoms with Gasteiger partial charge in [0.25, 0.3) is 11.5 Å². The number of para-hydroxylation sites is 2. The predicted molar refractivity (Wildman–Crippen MR) is 84.5 cm³/mol. The predicted octanol–water partition coefficient (Wildman–Crippen LogP) is 2.98. The molecule has 3 rings (SSSR count). The van der Waals surface area contributed by atoms with E-state index in [0.29, 0.717) is 22.4 Å². The van der Waals surface area contributed by atoms with Crippen LogP contribution in [0.4, 0.5) is 5.69 Å². The van der Waals surface area contributed by atoms with E-state index in [9.17, 15) is 4.79 Å². The zero-order valence-corrected chi connectivity index (χ0v) is 12.3. The molecule has 0 unspecified atom stereocenters. The third-order valence-corrected chi connectivity index (χ3v) is 3.33. The number of amides is 1. The SMILES string of the molecule is COc1cccc2cc(C(=O)Nc3ccccc3)/c(=N\O)oc12. The normalized spacial score (nSPS) is 11.4. The van der Waals surface area contributed by atoms with Gasteiger partial charge in [-0.2, -0.15) is 0 Å². The lowest BCUT2D eigenvalue weighted by Crippen LogP contribution is -2.21. The number of methoxy groups -OCH3 is 1. The van der Waals surface area contributed by atoms with Gasteiger partial charge in [0.05, 0.1) is 7.11 Å². The summed E-state index contributed by atoms with van der Waals surface area (Å²) in [5.74, 6) is 0.0555. The highest BCUT2D eigenvalue weighted by Crippen LogP contribution is 2.24. The molecular weight excluding hydrogens is 296 g/mol. The second-order valence-electron chi connectivity index (χ2n) is 4.76. The summed E-state index contributed by atoms with van der Waals surface area (Å²) in [5, 5.41) is 15.6. The minimum Gasteiger partial charge on any atom is -0.493 e. The molecule has 116 valence electrons. The fraction of sp³-hybridized carbons (Fsp3) is 0.0588. The van der Waals surface area contributed by atoms with Crippen LogP contribution in [-0.4, -0.2) is 18.2 Å². The molecule has 0 spiro atoms. The van der Waals surface area contributed by atoms with Crippen molar-refractivity contribution in [3.05, 3.63) is 65.7 Å². The first kappa shape index (κ1) is 14.6. The van der Waals surface area contributed by atoms with Gasteiger partial charge in [-0.15, -0.1) is 0 Å². The third kappa shape index (κ3) is 2.87. The van der Waals surface area contributed by atoms with Crippen molar-refractivity contribution in [1.82, 2.24) is 0 Å². The fourth-order valence-corrected chi connectivity index (χ4v) is 2.24. The van der Waals surface area contributed by atoms with Gasteiger partial charge in [0, 0.05) is 11.1 Å². The number of hydrogen-bond acceptors (Lipinski definition) is 5. The Balaban J connectivity index is 2.08. The third-order valence-electron chi connectivity index (χ3n) is 3.33. The standard InChI is InChI=1S/C17H14N2O4/c1-22-14-9-5-6-11-10-13(17(19-21)23-15(11)14)16(20)18-12-7-3-2-4-8-12/h2-10,21H,1H3,(H,18,20)/b19-17+. The van der Waals surface area contributed by atoms with Crippen molar-refractivity contribution >= 4 is 22.6 Å². The highest BCUT2D eigenvalue weighted by molar-refractivity contribution is 6.05. The molecule has 1 aromatic heterocycles. The fourth-order valence-electron chi connectivity index (χ4n) is 2.24. The van der Waals surface area contributed by atoms with E-state index in [0.717, 1.165) is 0 Å². The molecule has 0 saturated carbocycles. The second kappa shape index (κ2) is 6.23. The molecule has 0 atom stereocenters. The number of ether oxygens (including phenoxy) is 1. The molecule has 2 N–H and O–H groups in total. The summed E-state index contributed by atoms with van der Waals surface area (Å²) in [6, 6.07) is 15.9. The smallest absolute Gasteiger partial charge is 0.268 e. The van der Waals surface area contributed by atoms with E-state index < -0.39 is 5.91 Å². The molecule has 0 fully saturated rings. The van der Waals surface area contributed by atoms with Crippen LogP contribution in [0.1, 0.15) is 10.4 Å². The first-order chi connectivity index (χ1) is 11.2. The highest BCUT2D eigenvalue weighted by Gasteiger charge is 2.15. The lowest BCUT2D eigenvalue weighted by atomic mass is 10.1. The van der Waals surface area contributed by atoms with Gasteiger partial charge in [-0.3, -0.25) is 4.79 Å². The Morgan fingerprint density at radius 3 is 2.65 bits per heavy atom. The van der Waals surface area contributed by atoms with Crippen molar-refractivity contribution < 1.29 is 19.2 Å². The van der Waals surface area contributed by atoms with Gasteiger partial charge in [0.1, 0.15) is 5.56 Å². The molecule has 0 saturated heterocycles. The van der Waals surface area contributed by atoms with Gasteiger partial charge < -0.3 is 19.7 Å². The summed E-state index contributed by atoms with van der Waals surface area (Å²) in [6.45, 7) is 0. The summed E-state index contributed by atoms with van der Waals surface area (Å²) in [7, 11) is 1.51. The van der Waals surface area contributed by atoms with Gasteiger partial charge >= 0.3 is 0 Å². The largest absolute Gasteiger partial charge is 0.493 e. The Kier molecular flexibility index (Phi) is 3.97. The van der Waals surface area contributed by atoms with Crippen molar-refractivity contribution in [2.75, 3.05) is 12.4 Å². The molecule has 2 aromatic carbocycles. The van der Waals surface area contributed by atoms with Crippen LogP contribution in [0.5, 0.6) is 5.75 Å². The zero-order valence-electron chi connectivity index (χ0n) is 12.3. The van der Waals surface area contributed by atoms with E-state index in [2.05, 4.69) is 10.5 Å². The Morgan fingerprint density at radius 1 is 1.17 bits per heavy atom. The second-order valence-corrected chi connectivity index (χ2v) is 4.76. The van der Waals surface area contributed by atoms with Crippen molar-refractivity contribution in [1.29, 1.82) is 0 Å². The van der Waals surface area contributed by atoms with Crippen LogP contribution < -0.4 is 15.6 Å². The van der Waals surface area contributed by atoms with Gasteiger partial charge in [-0.25, -0.2) is 0 Å². The zero-order chi connectivity index (χ0) is 16.2.